The summed E-state index contributed by atoms with van der Waals surface area (Å²) in [6.07, 6.45) is -4.53. The summed E-state index contributed by atoms with van der Waals surface area (Å²) in [5.41, 5.74) is 1.62. The molecule has 31 heavy (non-hydrogen) atoms. The fourth-order valence-corrected chi connectivity index (χ4v) is 4.16. The summed E-state index contributed by atoms with van der Waals surface area (Å²) >= 11 is 1.08. The van der Waals surface area contributed by atoms with Crippen molar-refractivity contribution >= 4 is 29.0 Å². The Morgan fingerprint density at radius 3 is 2.65 bits per heavy atom. The van der Waals surface area contributed by atoms with Crippen LogP contribution in [0.1, 0.15) is 22.4 Å². The highest BCUT2D eigenvalue weighted by atomic mass is 32.2. The zero-order chi connectivity index (χ0) is 22.6. The van der Waals surface area contributed by atoms with Crippen molar-refractivity contribution in [2.75, 3.05) is 42.3 Å². The summed E-state index contributed by atoms with van der Waals surface area (Å²) in [7, 11) is 0. The average molecular weight is 450 g/mol. The summed E-state index contributed by atoms with van der Waals surface area (Å²) in [6.45, 7) is 5.52. The van der Waals surface area contributed by atoms with Gasteiger partial charge in [-0.3, -0.25) is 4.79 Å². The van der Waals surface area contributed by atoms with Gasteiger partial charge in [0.2, 0.25) is 5.91 Å². The van der Waals surface area contributed by atoms with Crippen molar-refractivity contribution in [2.45, 2.75) is 25.0 Å². The van der Waals surface area contributed by atoms with Crippen LogP contribution in [0.25, 0.3) is 0 Å². The number of alkyl halides is 3. The van der Waals surface area contributed by atoms with Crippen LogP contribution in [0.3, 0.4) is 0 Å². The molecule has 0 aliphatic carbocycles. The number of nitriles is 1. The van der Waals surface area contributed by atoms with Crippen molar-refractivity contribution in [3.05, 3.63) is 46.6 Å². The number of hydrogen-bond acceptors (Lipinski definition) is 6. The van der Waals surface area contributed by atoms with Crippen LogP contribution in [-0.2, 0) is 15.7 Å². The maximum Gasteiger partial charge on any atom is 0.416 e. The summed E-state index contributed by atoms with van der Waals surface area (Å²) < 4.78 is 45.0. The average Bonchev–Trinajstić information content (AvgIpc) is 2.72. The fraction of sp³-hybridized carbons (Fsp3) is 0.381. The second-order valence-electron chi connectivity index (χ2n) is 7.04. The number of aryl methyl sites for hydroxylation is 2. The number of rotatable bonds is 5. The van der Waals surface area contributed by atoms with Gasteiger partial charge in [0.1, 0.15) is 11.1 Å². The highest BCUT2D eigenvalue weighted by molar-refractivity contribution is 8.00. The molecule has 0 unspecified atom stereocenters. The Labute approximate surface area is 182 Å². The van der Waals surface area contributed by atoms with E-state index in [1.807, 2.05) is 4.90 Å². The number of nitrogens with zero attached hydrogens (tertiary/aromatic N) is 3. The molecule has 2 heterocycles. The quantitative estimate of drug-likeness (QED) is 0.690. The van der Waals surface area contributed by atoms with Gasteiger partial charge in [0.25, 0.3) is 0 Å². The molecular formula is C21H21F3N4O2S. The Bertz CT molecular complexity index is 1010. The van der Waals surface area contributed by atoms with Gasteiger partial charge < -0.3 is 15.0 Å². The molecule has 1 N–H and O–H groups in total. The molecule has 1 aliphatic heterocycles. The smallest absolute Gasteiger partial charge is 0.378 e. The third-order valence-electron chi connectivity index (χ3n) is 4.71. The lowest BCUT2D eigenvalue weighted by Gasteiger charge is -2.31. The van der Waals surface area contributed by atoms with Gasteiger partial charge in [0.15, 0.2) is 0 Å². The zero-order valence-electron chi connectivity index (χ0n) is 17.0. The molecule has 2 aromatic rings. The summed E-state index contributed by atoms with van der Waals surface area (Å²) in [5, 5.41) is 12.4. The first-order valence-electron chi connectivity index (χ1n) is 9.54. The van der Waals surface area contributed by atoms with E-state index in [1.54, 1.807) is 19.9 Å². The number of amides is 1. The van der Waals surface area contributed by atoms with E-state index in [2.05, 4.69) is 16.4 Å². The van der Waals surface area contributed by atoms with Crippen molar-refractivity contribution < 1.29 is 22.7 Å². The molecule has 1 aromatic carbocycles. The van der Waals surface area contributed by atoms with Crippen LogP contribution < -0.4 is 10.2 Å². The number of benzene rings is 1. The number of ether oxygens (including phenoxy) is 1. The van der Waals surface area contributed by atoms with Crippen LogP contribution in [0.15, 0.2) is 29.3 Å². The number of halogens is 3. The number of hydrogen-bond donors (Lipinski definition) is 1. The van der Waals surface area contributed by atoms with Gasteiger partial charge in [0, 0.05) is 18.8 Å². The number of pyridine rings is 1. The van der Waals surface area contributed by atoms with E-state index in [0.717, 1.165) is 29.5 Å². The van der Waals surface area contributed by atoms with Gasteiger partial charge in [-0.2, -0.15) is 18.4 Å². The molecule has 0 saturated carbocycles. The molecule has 10 heteroatoms. The second-order valence-corrected chi connectivity index (χ2v) is 8.00. The lowest BCUT2D eigenvalue weighted by molar-refractivity contribution is -0.137. The third kappa shape index (κ3) is 5.68. The molecule has 0 spiro atoms. The van der Waals surface area contributed by atoms with E-state index < -0.39 is 17.6 Å². The van der Waals surface area contributed by atoms with Gasteiger partial charge in [0.05, 0.1) is 41.5 Å². The number of anilines is 2. The van der Waals surface area contributed by atoms with E-state index in [1.165, 1.54) is 6.07 Å². The van der Waals surface area contributed by atoms with Gasteiger partial charge in [-0.15, -0.1) is 0 Å². The molecule has 0 radical (unpaired) electrons. The molecule has 164 valence electrons. The minimum absolute atomic E-state index is 0.0937. The fourth-order valence-electron chi connectivity index (χ4n) is 3.26. The largest absolute Gasteiger partial charge is 0.416 e. The lowest BCUT2D eigenvalue weighted by Crippen LogP contribution is -2.37. The van der Waals surface area contributed by atoms with E-state index in [9.17, 15) is 23.2 Å². The number of nitrogens with one attached hydrogen (secondary N) is 1. The Morgan fingerprint density at radius 1 is 1.29 bits per heavy atom. The SMILES string of the molecule is Cc1cc(C)c(C#N)c(SCC(=O)Nc2cc(C(F)(F)F)ccc2N2CCOCC2)n1. The van der Waals surface area contributed by atoms with E-state index in [-0.39, 0.29) is 11.4 Å². The van der Waals surface area contributed by atoms with Crippen LogP contribution in [0, 0.1) is 25.2 Å². The van der Waals surface area contributed by atoms with E-state index >= 15 is 0 Å². The zero-order valence-corrected chi connectivity index (χ0v) is 17.9. The molecular weight excluding hydrogens is 429 g/mol. The first-order chi connectivity index (χ1) is 14.7. The summed E-state index contributed by atoms with van der Waals surface area (Å²) in [5.74, 6) is -0.577. The highest BCUT2D eigenvalue weighted by Crippen LogP contribution is 2.36. The molecule has 3 rings (SSSR count). The van der Waals surface area contributed by atoms with Crippen LogP contribution in [0.2, 0.25) is 0 Å². The molecule has 1 saturated heterocycles. The van der Waals surface area contributed by atoms with Gasteiger partial charge >= 0.3 is 6.18 Å². The number of thioether (sulfide) groups is 1. The Hall–Kier alpha value is -2.77. The lowest BCUT2D eigenvalue weighted by atomic mass is 10.1. The van der Waals surface area contributed by atoms with Crippen molar-refractivity contribution in [1.29, 1.82) is 5.26 Å². The van der Waals surface area contributed by atoms with Gasteiger partial charge in [-0.25, -0.2) is 4.98 Å². The third-order valence-corrected chi connectivity index (χ3v) is 5.69. The first kappa shape index (κ1) is 22.9. The van der Waals surface area contributed by atoms with E-state index in [4.69, 9.17) is 4.74 Å². The van der Waals surface area contributed by atoms with Gasteiger partial charge in [-0.05, 0) is 43.7 Å². The summed E-state index contributed by atoms with van der Waals surface area (Å²) in [6, 6.07) is 7.19. The number of morpholine rings is 1. The minimum atomic E-state index is -4.53. The van der Waals surface area contributed by atoms with Gasteiger partial charge in [-0.1, -0.05) is 11.8 Å². The van der Waals surface area contributed by atoms with Crippen molar-refractivity contribution in [3.63, 3.8) is 0 Å². The number of aromatic nitrogens is 1. The van der Waals surface area contributed by atoms with Crippen LogP contribution in [0.4, 0.5) is 24.5 Å². The Kier molecular flexibility index (Phi) is 7.08. The van der Waals surface area contributed by atoms with Crippen molar-refractivity contribution in [1.82, 2.24) is 4.98 Å². The topological polar surface area (TPSA) is 78.2 Å². The summed E-state index contributed by atoms with van der Waals surface area (Å²) in [4.78, 5) is 18.8. The standard InChI is InChI=1S/C21H21F3N4O2S/c1-13-9-14(2)26-20(16(13)11-25)31-12-19(29)27-17-10-15(21(22,23)24)3-4-18(17)28-5-7-30-8-6-28/h3-4,9-10H,5-8,12H2,1-2H3,(H,27,29). The van der Waals surface area contributed by atoms with Crippen LogP contribution >= 0.6 is 11.8 Å². The maximum absolute atomic E-state index is 13.2. The maximum atomic E-state index is 13.2. The Morgan fingerprint density at radius 2 is 2.00 bits per heavy atom. The number of carbonyl (C=O) groups excluding carboxylic acids is 1. The predicted molar refractivity (Wildman–Crippen MR) is 112 cm³/mol. The van der Waals surface area contributed by atoms with Crippen molar-refractivity contribution in [3.8, 4) is 6.07 Å². The molecule has 6 nitrogen and oxygen atoms in total. The second kappa shape index (κ2) is 9.58. The van der Waals surface area contributed by atoms with E-state index in [0.29, 0.717) is 48.3 Å². The first-order valence-corrected chi connectivity index (χ1v) is 10.5. The molecule has 1 amide bonds. The molecule has 1 aromatic heterocycles. The minimum Gasteiger partial charge on any atom is -0.378 e. The predicted octanol–water partition coefficient (Wildman–Crippen LogP) is 4.16. The molecule has 0 atom stereocenters. The highest BCUT2D eigenvalue weighted by Gasteiger charge is 2.32. The van der Waals surface area contributed by atoms with Crippen LogP contribution in [0.5, 0.6) is 0 Å². The normalized spacial score (nSPS) is 14.3. The molecule has 0 bridgehead atoms. The molecule has 1 fully saturated rings. The van der Waals surface area contributed by atoms with Crippen molar-refractivity contribution in [2.24, 2.45) is 0 Å². The number of carbonyl (C=O) groups is 1. The monoisotopic (exact) mass is 450 g/mol. The van der Waals surface area contributed by atoms with Crippen LogP contribution in [-0.4, -0.2) is 42.9 Å². The molecule has 1 aliphatic rings. The Balaban J connectivity index is 1.80.